The van der Waals surface area contributed by atoms with Crippen LogP contribution in [-0.2, 0) is 16.1 Å². The van der Waals surface area contributed by atoms with Crippen LogP contribution in [0.2, 0.25) is 0 Å². The highest BCUT2D eigenvalue weighted by Crippen LogP contribution is 2.28. The number of anilines is 1. The molecule has 0 saturated carbocycles. The Hall–Kier alpha value is -3.86. The van der Waals surface area contributed by atoms with Crippen LogP contribution < -0.4 is 20.7 Å². The van der Waals surface area contributed by atoms with Crippen molar-refractivity contribution < 1.29 is 23.9 Å². The molecule has 4 heterocycles. The summed E-state index contributed by atoms with van der Waals surface area (Å²) in [5.74, 6) is -1.52. The molecule has 11 heteroatoms. The lowest BCUT2D eigenvalue weighted by molar-refractivity contribution is -0.136. The van der Waals surface area contributed by atoms with E-state index in [0.717, 1.165) is 30.0 Å². The first-order chi connectivity index (χ1) is 16.0. The van der Waals surface area contributed by atoms with Gasteiger partial charge in [0.1, 0.15) is 18.0 Å². The summed E-state index contributed by atoms with van der Waals surface area (Å²) in [5.41, 5.74) is 1.25. The molecule has 0 radical (unpaired) electrons. The Morgan fingerprint density at radius 1 is 1.09 bits per heavy atom. The normalized spacial score (nSPS) is 22.4. The first-order valence-electron chi connectivity index (χ1n) is 10.8. The second kappa shape index (κ2) is 8.58. The average molecular weight is 450 g/mol. The quantitative estimate of drug-likeness (QED) is 0.527. The summed E-state index contributed by atoms with van der Waals surface area (Å²) >= 11 is 0. The number of nitrogens with zero attached hydrogens (tertiary/aromatic N) is 3. The Balaban J connectivity index is 1.27. The molecule has 2 fully saturated rings. The number of imide groups is 2. The van der Waals surface area contributed by atoms with Crippen molar-refractivity contribution in [2.75, 3.05) is 18.4 Å². The molecule has 2 unspecified atom stereocenters. The maximum absolute atomic E-state index is 12.9. The topological polar surface area (TPSA) is 143 Å². The molecular formula is C22H22N6O5. The number of hydrogen-bond donors (Lipinski definition) is 3. The monoisotopic (exact) mass is 450 g/mol. The van der Waals surface area contributed by atoms with E-state index in [9.17, 15) is 19.2 Å². The highest BCUT2D eigenvalue weighted by molar-refractivity contribution is 6.23. The molecule has 2 saturated heterocycles. The van der Waals surface area contributed by atoms with Crippen molar-refractivity contribution in [3.63, 3.8) is 0 Å². The van der Waals surface area contributed by atoms with Crippen molar-refractivity contribution in [3.8, 4) is 6.01 Å². The molecule has 0 aliphatic carbocycles. The standard InChI is InChI=1S/C22H22N6O5/c29-18-4-3-16(19(30)27-18)28-20(31)14-2-1-12(9-15(14)21(28)32)10-25-17-6-8-24-22(26-17)33-13-5-7-23-11-13/h1-2,6,8-9,13,16,23H,3-5,7,10-11H2,(H,24,25,26)(H,27,29,30). The van der Waals surface area contributed by atoms with E-state index in [4.69, 9.17) is 4.74 Å². The van der Waals surface area contributed by atoms with Crippen LogP contribution in [0.1, 0.15) is 45.5 Å². The molecule has 33 heavy (non-hydrogen) atoms. The predicted molar refractivity (Wildman–Crippen MR) is 114 cm³/mol. The summed E-state index contributed by atoms with van der Waals surface area (Å²) in [6.07, 6.45) is 2.77. The molecular weight excluding hydrogens is 428 g/mol. The van der Waals surface area contributed by atoms with E-state index in [1.54, 1.807) is 30.5 Å². The number of amides is 4. The summed E-state index contributed by atoms with van der Waals surface area (Å²) in [7, 11) is 0. The Morgan fingerprint density at radius 2 is 1.94 bits per heavy atom. The van der Waals surface area contributed by atoms with Gasteiger partial charge in [-0.15, -0.1) is 0 Å². The molecule has 2 aromatic rings. The lowest BCUT2D eigenvalue weighted by Gasteiger charge is -2.27. The first-order valence-corrected chi connectivity index (χ1v) is 10.8. The van der Waals surface area contributed by atoms with Crippen molar-refractivity contribution in [1.82, 2.24) is 25.5 Å². The van der Waals surface area contributed by atoms with E-state index in [-0.39, 0.29) is 30.1 Å². The van der Waals surface area contributed by atoms with Gasteiger partial charge in [0.15, 0.2) is 0 Å². The van der Waals surface area contributed by atoms with Gasteiger partial charge in [-0.25, -0.2) is 4.98 Å². The van der Waals surface area contributed by atoms with Crippen molar-refractivity contribution in [2.45, 2.75) is 38.0 Å². The smallest absolute Gasteiger partial charge is 0.318 e. The van der Waals surface area contributed by atoms with E-state index < -0.39 is 29.7 Å². The van der Waals surface area contributed by atoms with Gasteiger partial charge in [-0.1, -0.05) is 6.07 Å². The maximum atomic E-state index is 12.9. The van der Waals surface area contributed by atoms with Gasteiger partial charge in [0.25, 0.3) is 11.8 Å². The molecule has 5 rings (SSSR count). The second-order valence-electron chi connectivity index (χ2n) is 8.14. The molecule has 1 aromatic heterocycles. The summed E-state index contributed by atoms with van der Waals surface area (Å²) < 4.78 is 5.77. The number of carbonyl (C=O) groups excluding carboxylic acids is 4. The number of ether oxygens (including phenoxy) is 1. The Labute approximate surface area is 188 Å². The van der Waals surface area contributed by atoms with Crippen molar-refractivity contribution in [1.29, 1.82) is 0 Å². The van der Waals surface area contributed by atoms with Gasteiger partial charge in [0.2, 0.25) is 11.8 Å². The minimum Gasteiger partial charge on any atom is -0.459 e. The molecule has 2 atom stereocenters. The van der Waals surface area contributed by atoms with Crippen LogP contribution in [-0.4, -0.2) is 63.7 Å². The zero-order valence-corrected chi connectivity index (χ0v) is 17.7. The molecule has 1 aromatic carbocycles. The van der Waals surface area contributed by atoms with Crippen LogP contribution in [0.4, 0.5) is 5.82 Å². The molecule has 3 N–H and O–H groups in total. The zero-order chi connectivity index (χ0) is 22.9. The van der Waals surface area contributed by atoms with Crippen molar-refractivity contribution in [3.05, 3.63) is 47.2 Å². The number of hydrogen-bond acceptors (Lipinski definition) is 9. The van der Waals surface area contributed by atoms with E-state index in [1.165, 1.54) is 0 Å². The molecule has 0 bridgehead atoms. The Morgan fingerprint density at radius 3 is 2.73 bits per heavy atom. The first kappa shape index (κ1) is 21.0. The second-order valence-corrected chi connectivity index (χ2v) is 8.14. The molecule has 0 spiro atoms. The van der Waals surface area contributed by atoms with Crippen LogP contribution in [0.5, 0.6) is 6.01 Å². The minimum atomic E-state index is -0.980. The maximum Gasteiger partial charge on any atom is 0.318 e. The third-order valence-electron chi connectivity index (χ3n) is 5.90. The SMILES string of the molecule is O=C1CCC(N2C(=O)c3ccc(CNc4ccnc(OC5CCNC5)n4)cc3C2=O)C(=O)N1. The minimum absolute atomic E-state index is 0.0489. The number of piperidine rings is 1. The molecule has 3 aliphatic heterocycles. The molecule has 4 amide bonds. The van der Waals surface area contributed by atoms with Gasteiger partial charge < -0.3 is 15.4 Å². The fourth-order valence-corrected chi connectivity index (χ4v) is 4.19. The van der Waals surface area contributed by atoms with Gasteiger partial charge in [0, 0.05) is 25.7 Å². The van der Waals surface area contributed by atoms with Gasteiger partial charge in [-0.05, 0) is 43.1 Å². The number of fused-ring (bicyclic) bond motifs is 1. The predicted octanol–water partition coefficient (Wildman–Crippen LogP) is 0.231. The van der Waals surface area contributed by atoms with Crippen LogP contribution in [0.3, 0.4) is 0 Å². The number of nitrogens with one attached hydrogen (secondary N) is 3. The Bertz CT molecular complexity index is 1150. The highest BCUT2D eigenvalue weighted by atomic mass is 16.5. The van der Waals surface area contributed by atoms with Crippen LogP contribution in [0, 0.1) is 0 Å². The van der Waals surface area contributed by atoms with Crippen LogP contribution in [0.25, 0.3) is 0 Å². The number of rotatable bonds is 6. The van der Waals surface area contributed by atoms with Gasteiger partial charge >= 0.3 is 6.01 Å². The van der Waals surface area contributed by atoms with Gasteiger partial charge in [0.05, 0.1) is 11.1 Å². The van der Waals surface area contributed by atoms with Crippen LogP contribution >= 0.6 is 0 Å². The van der Waals surface area contributed by atoms with Crippen LogP contribution in [0.15, 0.2) is 30.5 Å². The summed E-state index contributed by atoms with van der Waals surface area (Å²) in [6.45, 7) is 2.02. The number of carbonyl (C=O) groups is 4. The average Bonchev–Trinajstić information content (AvgIpc) is 3.40. The lowest BCUT2D eigenvalue weighted by atomic mass is 10.0. The molecule has 170 valence electrons. The van der Waals surface area contributed by atoms with Crippen molar-refractivity contribution >= 4 is 29.4 Å². The largest absolute Gasteiger partial charge is 0.459 e. The fraction of sp³-hybridized carbons (Fsp3) is 0.364. The Kier molecular flexibility index (Phi) is 5.47. The number of benzene rings is 1. The van der Waals surface area contributed by atoms with E-state index in [0.29, 0.717) is 18.4 Å². The van der Waals surface area contributed by atoms with E-state index in [1.807, 2.05) is 0 Å². The third-order valence-corrected chi connectivity index (χ3v) is 5.90. The molecule has 11 nitrogen and oxygen atoms in total. The van der Waals surface area contributed by atoms with Crippen molar-refractivity contribution in [2.24, 2.45) is 0 Å². The summed E-state index contributed by atoms with van der Waals surface area (Å²) in [5, 5.41) is 8.58. The van der Waals surface area contributed by atoms with E-state index >= 15 is 0 Å². The van der Waals surface area contributed by atoms with E-state index in [2.05, 4.69) is 25.9 Å². The highest BCUT2D eigenvalue weighted by Gasteiger charge is 2.44. The summed E-state index contributed by atoms with van der Waals surface area (Å²) in [4.78, 5) is 58.8. The molecule has 3 aliphatic rings. The lowest BCUT2D eigenvalue weighted by Crippen LogP contribution is -2.54. The number of aromatic nitrogens is 2. The third kappa shape index (κ3) is 4.14. The summed E-state index contributed by atoms with van der Waals surface area (Å²) in [6, 6.07) is 5.99. The fourth-order valence-electron chi connectivity index (χ4n) is 4.19. The van der Waals surface area contributed by atoms with Gasteiger partial charge in [-0.3, -0.25) is 29.4 Å². The zero-order valence-electron chi connectivity index (χ0n) is 17.7. The van der Waals surface area contributed by atoms with Gasteiger partial charge in [-0.2, -0.15) is 4.98 Å².